The van der Waals surface area contributed by atoms with Crippen molar-refractivity contribution in [3.05, 3.63) is 0 Å². The highest BCUT2D eigenvalue weighted by Crippen LogP contribution is 2.23. The fourth-order valence-electron chi connectivity index (χ4n) is 3.28. The number of hydrogen-bond acceptors (Lipinski definition) is 3. The lowest BCUT2D eigenvalue weighted by Gasteiger charge is -2.40. The first-order chi connectivity index (χ1) is 8.40. The lowest BCUT2D eigenvalue weighted by molar-refractivity contribution is 0.0783. The molecule has 2 fully saturated rings. The molecule has 1 heterocycles. The first kappa shape index (κ1) is 13.3. The summed E-state index contributed by atoms with van der Waals surface area (Å²) in [7, 11) is 0. The Bertz CT molecular complexity index is 194. The molecule has 2 rings (SSSR count). The third-order valence-corrected chi connectivity index (χ3v) is 4.43. The van der Waals surface area contributed by atoms with E-state index in [1.807, 2.05) is 0 Å². The van der Waals surface area contributed by atoms with E-state index in [1.54, 1.807) is 0 Å². The molecule has 0 atom stereocenters. The zero-order chi connectivity index (χ0) is 11.9. The summed E-state index contributed by atoms with van der Waals surface area (Å²) >= 11 is 0. The highest BCUT2D eigenvalue weighted by atomic mass is 15.3. The van der Waals surface area contributed by atoms with Crippen molar-refractivity contribution in [1.29, 1.82) is 0 Å². The van der Waals surface area contributed by atoms with Gasteiger partial charge in [0.25, 0.3) is 0 Å². The molecule has 0 aromatic rings. The summed E-state index contributed by atoms with van der Waals surface area (Å²) in [6.45, 7) is 7.26. The molecule has 0 aromatic carbocycles. The van der Waals surface area contributed by atoms with Gasteiger partial charge in [0.05, 0.1) is 0 Å². The number of nitrogens with zero attached hydrogens (tertiary/aromatic N) is 2. The Kier molecular flexibility index (Phi) is 5.75. The van der Waals surface area contributed by atoms with Crippen molar-refractivity contribution < 1.29 is 0 Å². The summed E-state index contributed by atoms with van der Waals surface area (Å²) in [5.41, 5.74) is 5.54. The number of nitrogens with two attached hydrogens (primary N) is 1. The number of piperazine rings is 1. The fourth-order valence-corrected chi connectivity index (χ4v) is 3.28. The van der Waals surface area contributed by atoms with Gasteiger partial charge < -0.3 is 10.6 Å². The third kappa shape index (κ3) is 4.23. The van der Waals surface area contributed by atoms with Crippen LogP contribution in [0.15, 0.2) is 0 Å². The Hall–Kier alpha value is -0.120. The van der Waals surface area contributed by atoms with Gasteiger partial charge in [0.15, 0.2) is 0 Å². The molecule has 0 unspecified atom stereocenters. The summed E-state index contributed by atoms with van der Waals surface area (Å²) in [6, 6.07) is 0.912. The first-order valence-electron chi connectivity index (χ1n) is 7.56. The van der Waals surface area contributed by atoms with Crippen LogP contribution in [0.4, 0.5) is 0 Å². The maximum absolute atomic E-state index is 5.54. The molecule has 1 aliphatic carbocycles. The number of unbranched alkanes of at least 4 members (excludes halogenated alkanes) is 1. The van der Waals surface area contributed by atoms with Crippen LogP contribution >= 0.6 is 0 Å². The van der Waals surface area contributed by atoms with Gasteiger partial charge in [0, 0.05) is 32.2 Å². The normalized spacial score (nSPS) is 25.2. The molecule has 2 N–H and O–H groups in total. The van der Waals surface area contributed by atoms with Crippen LogP contribution < -0.4 is 5.73 Å². The molecule has 100 valence electrons. The standard InChI is InChI=1S/C14H29N3/c15-8-4-5-9-16-10-12-17(13-11-16)14-6-2-1-3-7-14/h14H,1-13,15H2. The zero-order valence-electron chi connectivity index (χ0n) is 11.2. The number of hydrogen-bond donors (Lipinski definition) is 1. The molecular weight excluding hydrogens is 210 g/mol. The Labute approximate surface area is 106 Å². The van der Waals surface area contributed by atoms with Crippen molar-refractivity contribution in [2.75, 3.05) is 39.3 Å². The van der Waals surface area contributed by atoms with Crippen LogP contribution in [0.1, 0.15) is 44.9 Å². The Morgan fingerprint density at radius 3 is 2.24 bits per heavy atom. The maximum atomic E-state index is 5.54. The van der Waals surface area contributed by atoms with E-state index < -0.39 is 0 Å². The summed E-state index contributed by atoms with van der Waals surface area (Å²) < 4.78 is 0. The second kappa shape index (κ2) is 7.34. The van der Waals surface area contributed by atoms with Crippen LogP contribution in [0.3, 0.4) is 0 Å². The molecule has 0 amide bonds. The van der Waals surface area contributed by atoms with Crippen molar-refractivity contribution in [2.24, 2.45) is 5.73 Å². The van der Waals surface area contributed by atoms with Crippen molar-refractivity contribution in [2.45, 2.75) is 51.0 Å². The van der Waals surface area contributed by atoms with Gasteiger partial charge in [-0.05, 0) is 38.8 Å². The third-order valence-electron chi connectivity index (χ3n) is 4.43. The Morgan fingerprint density at radius 2 is 1.59 bits per heavy atom. The lowest BCUT2D eigenvalue weighted by atomic mass is 9.94. The average molecular weight is 239 g/mol. The van der Waals surface area contributed by atoms with Gasteiger partial charge in [-0.2, -0.15) is 0 Å². The minimum Gasteiger partial charge on any atom is -0.330 e. The molecule has 3 heteroatoms. The molecule has 1 saturated heterocycles. The predicted molar refractivity (Wildman–Crippen MR) is 73.2 cm³/mol. The summed E-state index contributed by atoms with van der Waals surface area (Å²) in [6.07, 6.45) is 9.75. The van der Waals surface area contributed by atoms with Gasteiger partial charge in [-0.3, -0.25) is 4.90 Å². The van der Waals surface area contributed by atoms with Gasteiger partial charge in [-0.25, -0.2) is 0 Å². The highest BCUT2D eigenvalue weighted by molar-refractivity contribution is 4.80. The second-order valence-electron chi connectivity index (χ2n) is 5.67. The molecule has 1 aliphatic heterocycles. The van der Waals surface area contributed by atoms with Crippen LogP contribution in [0.2, 0.25) is 0 Å². The summed E-state index contributed by atoms with van der Waals surface area (Å²) in [5.74, 6) is 0. The van der Waals surface area contributed by atoms with Crippen molar-refractivity contribution in [3.8, 4) is 0 Å². The molecule has 0 spiro atoms. The van der Waals surface area contributed by atoms with Gasteiger partial charge in [0.2, 0.25) is 0 Å². The van der Waals surface area contributed by atoms with Gasteiger partial charge >= 0.3 is 0 Å². The van der Waals surface area contributed by atoms with E-state index in [2.05, 4.69) is 9.80 Å². The minimum atomic E-state index is 0.849. The summed E-state index contributed by atoms with van der Waals surface area (Å²) in [5, 5.41) is 0. The molecule has 3 nitrogen and oxygen atoms in total. The van der Waals surface area contributed by atoms with Gasteiger partial charge in [-0.1, -0.05) is 19.3 Å². The van der Waals surface area contributed by atoms with Gasteiger partial charge in [-0.15, -0.1) is 0 Å². The Morgan fingerprint density at radius 1 is 0.882 bits per heavy atom. The Balaban J connectivity index is 1.63. The van der Waals surface area contributed by atoms with Crippen LogP contribution in [0, 0.1) is 0 Å². The van der Waals surface area contributed by atoms with Crippen LogP contribution in [0.5, 0.6) is 0 Å². The SMILES string of the molecule is NCCCCN1CCN(C2CCCCC2)CC1. The summed E-state index contributed by atoms with van der Waals surface area (Å²) in [4.78, 5) is 5.37. The monoisotopic (exact) mass is 239 g/mol. The van der Waals surface area contributed by atoms with Crippen LogP contribution in [0.25, 0.3) is 0 Å². The van der Waals surface area contributed by atoms with E-state index in [4.69, 9.17) is 5.73 Å². The maximum Gasteiger partial charge on any atom is 0.0113 e. The number of rotatable bonds is 5. The van der Waals surface area contributed by atoms with E-state index in [1.165, 1.54) is 77.7 Å². The minimum absolute atomic E-state index is 0.849. The fraction of sp³-hybridized carbons (Fsp3) is 1.00. The molecular formula is C14H29N3. The first-order valence-corrected chi connectivity index (χ1v) is 7.56. The average Bonchev–Trinajstić information content (AvgIpc) is 2.41. The quantitative estimate of drug-likeness (QED) is 0.741. The molecule has 0 bridgehead atoms. The van der Waals surface area contributed by atoms with E-state index in [-0.39, 0.29) is 0 Å². The van der Waals surface area contributed by atoms with Crippen molar-refractivity contribution in [3.63, 3.8) is 0 Å². The van der Waals surface area contributed by atoms with Crippen LogP contribution in [-0.4, -0.2) is 55.1 Å². The molecule has 1 saturated carbocycles. The van der Waals surface area contributed by atoms with E-state index >= 15 is 0 Å². The molecule has 17 heavy (non-hydrogen) atoms. The highest BCUT2D eigenvalue weighted by Gasteiger charge is 2.24. The van der Waals surface area contributed by atoms with Crippen molar-refractivity contribution >= 4 is 0 Å². The van der Waals surface area contributed by atoms with E-state index in [0.717, 1.165) is 12.6 Å². The second-order valence-corrected chi connectivity index (χ2v) is 5.67. The van der Waals surface area contributed by atoms with E-state index in [0.29, 0.717) is 0 Å². The van der Waals surface area contributed by atoms with Crippen molar-refractivity contribution in [1.82, 2.24) is 9.80 Å². The molecule has 2 aliphatic rings. The van der Waals surface area contributed by atoms with Crippen LogP contribution in [-0.2, 0) is 0 Å². The van der Waals surface area contributed by atoms with E-state index in [9.17, 15) is 0 Å². The largest absolute Gasteiger partial charge is 0.330 e. The molecule has 0 aromatic heterocycles. The van der Waals surface area contributed by atoms with Gasteiger partial charge in [0.1, 0.15) is 0 Å². The molecule has 0 radical (unpaired) electrons. The lowest BCUT2D eigenvalue weighted by Crippen LogP contribution is -2.50. The topological polar surface area (TPSA) is 32.5 Å². The smallest absolute Gasteiger partial charge is 0.0113 e. The predicted octanol–water partition coefficient (Wildman–Crippen LogP) is 1.68. The zero-order valence-corrected chi connectivity index (χ0v) is 11.2.